The maximum atomic E-state index is 10.0. The fraction of sp³-hybridized carbons (Fsp3) is 0.571. The summed E-state index contributed by atoms with van der Waals surface area (Å²) < 4.78 is 0. The van der Waals surface area contributed by atoms with Gasteiger partial charge in [0.2, 0.25) is 0 Å². The molecule has 2 rings (SSSR count). The van der Waals surface area contributed by atoms with Crippen molar-refractivity contribution in [3.05, 3.63) is 30.1 Å². The summed E-state index contributed by atoms with van der Waals surface area (Å²) in [6, 6.07) is 3.58. The van der Waals surface area contributed by atoms with Crippen molar-refractivity contribution in [2.24, 2.45) is 16.6 Å². The van der Waals surface area contributed by atoms with Gasteiger partial charge < -0.3 is 15.7 Å². The average molecular weight is 262 g/mol. The second kappa shape index (κ2) is 6.52. The molecule has 0 spiro atoms. The van der Waals surface area contributed by atoms with Crippen molar-refractivity contribution in [2.75, 3.05) is 19.6 Å². The quantitative estimate of drug-likeness (QED) is 0.633. The highest BCUT2D eigenvalue weighted by Gasteiger charge is 2.17. The third-order valence-electron chi connectivity index (χ3n) is 3.62. The largest absolute Gasteiger partial charge is 0.386 e. The number of piperidine rings is 1. The zero-order chi connectivity index (χ0) is 13.7. The molecule has 104 valence electrons. The van der Waals surface area contributed by atoms with Crippen molar-refractivity contribution in [1.82, 2.24) is 9.88 Å². The van der Waals surface area contributed by atoms with Gasteiger partial charge in [-0.15, -0.1) is 0 Å². The Morgan fingerprint density at radius 3 is 2.74 bits per heavy atom. The standard InChI is InChI=1S/C14H22N4O/c1-11-4-8-18(9-5-11)14(15)17-10-13(19)12-2-6-16-7-3-12/h2-3,6-7,11,13,19H,4-5,8-10H2,1H3,(H2,15,17). The summed E-state index contributed by atoms with van der Waals surface area (Å²) in [6.07, 6.45) is 5.02. The van der Waals surface area contributed by atoms with E-state index in [1.807, 2.05) is 0 Å². The average Bonchev–Trinajstić information content (AvgIpc) is 2.46. The van der Waals surface area contributed by atoms with Gasteiger partial charge in [-0.25, -0.2) is 0 Å². The van der Waals surface area contributed by atoms with E-state index in [-0.39, 0.29) is 0 Å². The summed E-state index contributed by atoms with van der Waals surface area (Å²) >= 11 is 0. The minimum Gasteiger partial charge on any atom is -0.386 e. The van der Waals surface area contributed by atoms with E-state index in [4.69, 9.17) is 5.73 Å². The maximum absolute atomic E-state index is 10.0. The van der Waals surface area contributed by atoms with Gasteiger partial charge in [0, 0.05) is 25.5 Å². The molecular formula is C14H22N4O. The zero-order valence-electron chi connectivity index (χ0n) is 11.4. The van der Waals surface area contributed by atoms with Crippen LogP contribution in [-0.4, -0.2) is 40.6 Å². The van der Waals surface area contributed by atoms with Crippen molar-refractivity contribution in [1.29, 1.82) is 0 Å². The van der Waals surface area contributed by atoms with Crippen molar-refractivity contribution < 1.29 is 5.11 Å². The van der Waals surface area contributed by atoms with Gasteiger partial charge in [-0.3, -0.25) is 9.98 Å². The molecule has 0 aliphatic carbocycles. The fourth-order valence-electron chi connectivity index (χ4n) is 2.21. The monoisotopic (exact) mass is 262 g/mol. The number of rotatable bonds is 3. The lowest BCUT2D eigenvalue weighted by Gasteiger charge is -2.31. The predicted molar refractivity (Wildman–Crippen MR) is 75.7 cm³/mol. The number of pyridine rings is 1. The number of aromatic nitrogens is 1. The molecule has 19 heavy (non-hydrogen) atoms. The maximum Gasteiger partial charge on any atom is 0.191 e. The summed E-state index contributed by atoms with van der Waals surface area (Å²) in [5, 5.41) is 10.0. The van der Waals surface area contributed by atoms with Gasteiger partial charge in [0.05, 0.1) is 12.6 Å². The molecule has 0 amide bonds. The van der Waals surface area contributed by atoms with Crippen molar-refractivity contribution >= 4 is 5.96 Å². The van der Waals surface area contributed by atoms with E-state index in [0.29, 0.717) is 12.5 Å². The van der Waals surface area contributed by atoms with Gasteiger partial charge in [-0.2, -0.15) is 0 Å². The van der Waals surface area contributed by atoms with E-state index in [0.717, 1.165) is 37.4 Å². The second-order valence-electron chi connectivity index (χ2n) is 5.16. The van der Waals surface area contributed by atoms with E-state index in [1.54, 1.807) is 24.5 Å². The van der Waals surface area contributed by atoms with E-state index < -0.39 is 6.10 Å². The van der Waals surface area contributed by atoms with Gasteiger partial charge >= 0.3 is 0 Å². The van der Waals surface area contributed by atoms with Crippen molar-refractivity contribution in [3.8, 4) is 0 Å². The van der Waals surface area contributed by atoms with Gasteiger partial charge in [-0.05, 0) is 36.5 Å². The first kappa shape index (κ1) is 13.8. The van der Waals surface area contributed by atoms with Crippen LogP contribution in [0.15, 0.2) is 29.5 Å². The molecular weight excluding hydrogens is 240 g/mol. The Labute approximate surface area is 114 Å². The first-order chi connectivity index (χ1) is 9.16. The lowest BCUT2D eigenvalue weighted by atomic mass is 10.00. The third-order valence-corrected chi connectivity index (χ3v) is 3.62. The van der Waals surface area contributed by atoms with Gasteiger partial charge in [0.25, 0.3) is 0 Å². The van der Waals surface area contributed by atoms with E-state index in [9.17, 15) is 5.11 Å². The molecule has 1 saturated heterocycles. The molecule has 1 aliphatic heterocycles. The Bertz CT molecular complexity index is 413. The third kappa shape index (κ3) is 3.92. The number of aliphatic hydroxyl groups excluding tert-OH is 1. The number of guanidine groups is 1. The molecule has 3 N–H and O–H groups in total. The summed E-state index contributed by atoms with van der Waals surface area (Å²) in [4.78, 5) is 10.3. The van der Waals surface area contributed by atoms with Crippen LogP contribution >= 0.6 is 0 Å². The number of hydrogen-bond donors (Lipinski definition) is 2. The number of nitrogens with zero attached hydrogens (tertiary/aromatic N) is 3. The molecule has 1 aliphatic rings. The van der Waals surface area contributed by atoms with Crippen LogP contribution in [0.5, 0.6) is 0 Å². The Morgan fingerprint density at radius 2 is 2.11 bits per heavy atom. The molecule has 0 radical (unpaired) electrons. The first-order valence-electron chi connectivity index (χ1n) is 6.79. The number of aliphatic imine (C=N–C) groups is 1. The summed E-state index contributed by atoms with van der Waals surface area (Å²) in [7, 11) is 0. The summed E-state index contributed by atoms with van der Waals surface area (Å²) in [5.41, 5.74) is 6.79. The van der Waals surface area contributed by atoms with E-state index in [2.05, 4.69) is 21.8 Å². The lowest BCUT2D eigenvalue weighted by molar-refractivity contribution is 0.186. The highest BCUT2D eigenvalue weighted by molar-refractivity contribution is 5.78. The molecule has 1 fully saturated rings. The normalized spacial score (nSPS) is 19.5. The second-order valence-corrected chi connectivity index (χ2v) is 5.16. The first-order valence-corrected chi connectivity index (χ1v) is 6.79. The number of aliphatic hydroxyl groups is 1. The molecule has 5 nitrogen and oxygen atoms in total. The summed E-state index contributed by atoms with van der Waals surface area (Å²) in [6.45, 7) is 4.48. The lowest BCUT2D eigenvalue weighted by Crippen LogP contribution is -2.42. The van der Waals surface area contributed by atoms with Crippen molar-refractivity contribution in [3.63, 3.8) is 0 Å². The van der Waals surface area contributed by atoms with Crippen LogP contribution in [0.3, 0.4) is 0 Å². The molecule has 1 atom stereocenters. The van der Waals surface area contributed by atoms with E-state index in [1.165, 1.54) is 0 Å². The van der Waals surface area contributed by atoms with Gasteiger partial charge in [0.15, 0.2) is 5.96 Å². The summed E-state index contributed by atoms with van der Waals surface area (Å²) in [5.74, 6) is 1.31. The zero-order valence-corrected chi connectivity index (χ0v) is 11.4. The number of likely N-dealkylation sites (tertiary alicyclic amines) is 1. The van der Waals surface area contributed by atoms with Crippen LogP contribution in [0.4, 0.5) is 0 Å². The van der Waals surface area contributed by atoms with Gasteiger partial charge in [0.1, 0.15) is 0 Å². The number of hydrogen-bond acceptors (Lipinski definition) is 3. The van der Waals surface area contributed by atoms with Crippen LogP contribution in [0.25, 0.3) is 0 Å². The van der Waals surface area contributed by atoms with E-state index >= 15 is 0 Å². The van der Waals surface area contributed by atoms with Crippen LogP contribution in [0, 0.1) is 5.92 Å². The molecule has 0 bridgehead atoms. The smallest absolute Gasteiger partial charge is 0.191 e. The Balaban J connectivity index is 1.87. The molecule has 0 saturated carbocycles. The van der Waals surface area contributed by atoms with Crippen LogP contribution in [0.1, 0.15) is 31.4 Å². The van der Waals surface area contributed by atoms with Crippen LogP contribution in [0.2, 0.25) is 0 Å². The van der Waals surface area contributed by atoms with Crippen LogP contribution in [-0.2, 0) is 0 Å². The van der Waals surface area contributed by atoms with Gasteiger partial charge in [-0.1, -0.05) is 6.92 Å². The molecule has 0 aromatic carbocycles. The van der Waals surface area contributed by atoms with Crippen molar-refractivity contribution in [2.45, 2.75) is 25.9 Å². The Morgan fingerprint density at radius 1 is 1.47 bits per heavy atom. The number of nitrogens with two attached hydrogens (primary N) is 1. The topological polar surface area (TPSA) is 74.7 Å². The predicted octanol–water partition coefficient (Wildman–Crippen LogP) is 1.16. The molecule has 1 unspecified atom stereocenters. The van der Waals surface area contributed by atoms with Crippen LogP contribution < -0.4 is 5.73 Å². The molecule has 5 heteroatoms. The highest BCUT2D eigenvalue weighted by atomic mass is 16.3. The highest BCUT2D eigenvalue weighted by Crippen LogP contribution is 2.16. The molecule has 2 heterocycles. The Kier molecular flexibility index (Phi) is 4.74. The Hall–Kier alpha value is -1.62. The minimum atomic E-state index is -0.620. The SMILES string of the molecule is CC1CCN(C(N)=NCC(O)c2ccncc2)CC1. The molecule has 1 aromatic rings. The molecule has 1 aromatic heterocycles. The fourth-order valence-corrected chi connectivity index (χ4v) is 2.21. The minimum absolute atomic E-state index is 0.294.